The Labute approximate surface area is 232 Å². The average molecular weight is 596 g/mol. The molecule has 0 saturated carbocycles. The number of fused-ring (bicyclic) bond motifs is 1. The molecule has 5 rings (SSSR count). The van der Waals surface area contributed by atoms with Crippen molar-refractivity contribution in [2.45, 2.75) is 13.8 Å². The fourth-order valence-corrected chi connectivity index (χ4v) is 5.40. The average Bonchev–Trinajstić information content (AvgIpc) is 3.10. The van der Waals surface area contributed by atoms with E-state index >= 15 is 0 Å². The molecule has 204 valence electrons. The number of nitrogens with one attached hydrogen (secondary N) is 1. The van der Waals surface area contributed by atoms with E-state index in [1.165, 1.54) is 6.21 Å². The maximum absolute atomic E-state index is 12.8. The molecule has 12 heteroatoms. The summed E-state index contributed by atoms with van der Waals surface area (Å²) < 4.78 is 5.08. The number of likely N-dealkylation sites (N-methyl/N-ethyl adjacent to an activating group) is 1. The van der Waals surface area contributed by atoms with Gasteiger partial charge in [0.2, 0.25) is 5.88 Å². The molecule has 2 N–H and O–H groups in total. The summed E-state index contributed by atoms with van der Waals surface area (Å²) in [7, 11) is 5.50. The van der Waals surface area contributed by atoms with Crippen LogP contribution in [0.2, 0.25) is 0 Å². The highest BCUT2D eigenvalue weighted by molar-refractivity contribution is 9.10. The molecule has 0 radical (unpaired) electrons. The molecule has 3 heterocycles. The van der Waals surface area contributed by atoms with Crippen LogP contribution in [0.15, 0.2) is 48.1 Å². The second-order valence-electron chi connectivity index (χ2n) is 10.00. The fourth-order valence-electron chi connectivity index (χ4n) is 4.95. The van der Waals surface area contributed by atoms with Crippen LogP contribution in [0.4, 0.5) is 11.4 Å². The van der Waals surface area contributed by atoms with Gasteiger partial charge in [-0.3, -0.25) is 23.9 Å². The standard InChI is InChI=1S/C27H30BrN7O4/c1-15-11-20(16(2)10-18(15)28)35-25(37)17(24(36)30-26(35)38)14-29-19-12-22-23(33(5)27(39)32(22)4)13-21(19)34-8-6-31(3)7-9-34/h10-14,37H,6-9H2,1-5H3,(H,30,36,38). The lowest BCUT2D eigenvalue weighted by Crippen LogP contribution is -2.44. The normalized spacial score (nSPS) is 14.7. The smallest absolute Gasteiger partial charge is 0.335 e. The minimum atomic E-state index is -0.752. The quantitative estimate of drug-likeness (QED) is 0.349. The van der Waals surface area contributed by atoms with E-state index in [1.54, 1.807) is 29.3 Å². The fraction of sp³-hybridized carbons (Fsp3) is 0.333. The lowest BCUT2D eigenvalue weighted by Gasteiger charge is -2.34. The second-order valence-corrected chi connectivity index (χ2v) is 10.9. The van der Waals surface area contributed by atoms with Crippen molar-refractivity contribution in [1.82, 2.24) is 23.6 Å². The van der Waals surface area contributed by atoms with E-state index in [-0.39, 0.29) is 11.3 Å². The molecular formula is C27H30BrN7O4. The number of imidazole rings is 1. The molecular weight excluding hydrogens is 566 g/mol. The number of halogens is 1. The molecule has 0 bridgehead atoms. The zero-order valence-corrected chi connectivity index (χ0v) is 24.0. The number of nitrogens with zero attached hydrogens (tertiary/aromatic N) is 6. The Morgan fingerprint density at radius 2 is 1.54 bits per heavy atom. The van der Waals surface area contributed by atoms with Gasteiger partial charge in [-0.15, -0.1) is 0 Å². The summed E-state index contributed by atoms with van der Waals surface area (Å²) in [5.74, 6) is -0.508. The van der Waals surface area contributed by atoms with Gasteiger partial charge in [-0.1, -0.05) is 15.9 Å². The summed E-state index contributed by atoms with van der Waals surface area (Å²) in [4.78, 5) is 49.6. The summed E-state index contributed by atoms with van der Waals surface area (Å²) in [6.45, 7) is 6.95. The number of aromatic hydroxyl groups is 1. The third-order valence-corrected chi connectivity index (χ3v) is 8.24. The summed E-state index contributed by atoms with van der Waals surface area (Å²) in [6, 6.07) is 7.35. The van der Waals surface area contributed by atoms with Crippen molar-refractivity contribution in [3.05, 3.63) is 76.8 Å². The van der Waals surface area contributed by atoms with Gasteiger partial charge < -0.3 is 14.9 Å². The van der Waals surface area contributed by atoms with Crippen LogP contribution < -0.4 is 21.8 Å². The Balaban J connectivity index is 1.68. The molecule has 1 saturated heterocycles. The Morgan fingerprint density at radius 1 is 0.897 bits per heavy atom. The minimum absolute atomic E-state index is 0.152. The highest BCUT2D eigenvalue weighted by atomic mass is 79.9. The van der Waals surface area contributed by atoms with Gasteiger partial charge in [0, 0.05) is 51.0 Å². The van der Waals surface area contributed by atoms with Crippen molar-refractivity contribution in [2.75, 3.05) is 38.1 Å². The highest BCUT2D eigenvalue weighted by Gasteiger charge is 2.21. The van der Waals surface area contributed by atoms with E-state index in [2.05, 4.69) is 42.8 Å². The summed E-state index contributed by atoms with van der Waals surface area (Å²) in [5, 5.41) is 11.1. The third kappa shape index (κ3) is 4.63. The lowest BCUT2D eigenvalue weighted by atomic mass is 10.1. The molecule has 0 amide bonds. The maximum atomic E-state index is 12.8. The predicted octanol–water partition coefficient (Wildman–Crippen LogP) is 2.30. The van der Waals surface area contributed by atoms with Crippen molar-refractivity contribution in [3.63, 3.8) is 0 Å². The van der Waals surface area contributed by atoms with Gasteiger partial charge in [-0.05, 0) is 56.3 Å². The molecule has 0 aliphatic carbocycles. The summed E-state index contributed by atoms with van der Waals surface area (Å²) in [5.41, 5.74) is 3.05. The van der Waals surface area contributed by atoms with Gasteiger partial charge in [-0.25, -0.2) is 14.2 Å². The number of hydrogen-bond donors (Lipinski definition) is 2. The molecule has 0 unspecified atom stereocenters. The van der Waals surface area contributed by atoms with E-state index in [9.17, 15) is 19.5 Å². The summed E-state index contributed by atoms with van der Waals surface area (Å²) >= 11 is 3.48. The van der Waals surface area contributed by atoms with E-state index in [1.807, 2.05) is 32.0 Å². The van der Waals surface area contributed by atoms with Crippen molar-refractivity contribution in [1.29, 1.82) is 0 Å². The van der Waals surface area contributed by atoms with Crippen molar-refractivity contribution < 1.29 is 5.11 Å². The number of anilines is 1. The molecule has 0 atom stereocenters. The zero-order valence-electron chi connectivity index (χ0n) is 22.4. The van der Waals surface area contributed by atoms with E-state index in [0.29, 0.717) is 16.9 Å². The number of aromatic nitrogens is 4. The van der Waals surface area contributed by atoms with Gasteiger partial charge in [0.15, 0.2) is 0 Å². The monoisotopic (exact) mass is 595 g/mol. The second kappa shape index (κ2) is 10.0. The first kappa shape index (κ1) is 26.7. The molecule has 1 fully saturated rings. The van der Waals surface area contributed by atoms with Gasteiger partial charge in [0.05, 0.1) is 28.1 Å². The topological polar surface area (TPSA) is 121 Å². The molecule has 0 spiro atoms. The number of hydrogen-bond acceptors (Lipinski definition) is 7. The van der Waals surface area contributed by atoms with Crippen LogP contribution in [-0.2, 0) is 14.1 Å². The van der Waals surface area contributed by atoms with Crippen LogP contribution in [-0.4, -0.2) is 68.1 Å². The van der Waals surface area contributed by atoms with Gasteiger partial charge in [0.1, 0.15) is 5.56 Å². The van der Waals surface area contributed by atoms with Crippen LogP contribution in [0.5, 0.6) is 5.88 Å². The van der Waals surface area contributed by atoms with E-state index < -0.39 is 17.1 Å². The Hall–Kier alpha value is -3.90. The van der Waals surface area contributed by atoms with Crippen molar-refractivity contribution >= 4 is 44.6 Å². The molecule has 39 heavy (non-hydrogen) atoms. The molecule has 1 aliphatic rings. The first-order valence-electron chi connectivity index (χ1n) is 12.5. The van der Waals surface area contributed by atoms with Crippen LogP contribution in [0, 0.1) is 13.8 Å². The number of H-pyrrole nitrogens is 1. The highest BCUT2D eigenvalue weighted by Crippen LogP contribution is 2.34. The van der Waals surface area contributed by atoms with Gasteiger partial charge >= 0.3 is 11.4 Å². The van der Waals surface area contributed by atoms with Crippen molar-refractivity contribution in [2.24, 2.45) is 19.1 Å². The van der Waals surface area contributed by atoms with Crippen LogP contribution in [0.25, 0.3) is 16.7 Å². The SMILES string of the molecule is Cc1cc(-n2c(O)c(C=Nc3cc4c(cc3N3CCN(C)CC3)n(C)c(=O)n4C)c(=O)[nH]c2=O)c(C)cc1Br. The first-order valence-corrected chi connectivity index (χ1v) is 13.3. The first-order chi connectivity index (χ1) is 18.5. The number of benzene rings is 2. The van der Waals surface area contributed by atoms with E-state index in [4.69, 9.17) is 0 Å². The number of aromatic amines is 1. The van der Waals surface area contributed by atoms with Gasteiger partial charge in [-0.2, -0.15) is 0 Å². The number of rotatable bonds is 4. The lowest BCUT2D eigenvalue weighted by molar-refractivity contribution is 0.313. The number of aryl methyl sites for hydroxylation is 4. The number of piperazine rings is 1. The molecule has 4 aromatic rings. The Kier molecular flexibility index (Phi) is 6.85. The van der Waals surface area contributed by atoms with Crippen LogP contribution in [0.3, 0.4) is 0 Å². The minimum Gasteiger partial charge on any atom is -0.493 e. The third-order valence-electron chi connectivity index (χ3n) is 7.38. The van der Waals surface area contributed by atoms with Crippen LogP contribution in [0.1, 0.15) is 16.7 Å². The Bertz CT molecular complexity index is 1820. The predicted molar refractivity (Wildman–Crippen MR) is 157 cm³/mol. The van der Waals surface area contributed by atoms with E-state index in [0.717, 1.165) is 57.5 Å². The number of aliphatic imine (C=N–C) groups is 1. The Morgan fingerprint density at radius 3 is 2.21 bits per heavy atom. The molecule has 2 aromatic carbocycles. The summed E-state index contributed by atoms with van der Waals surface area (Å²) in [6.07, 6.45) is 1.27. The maximum Gasteiger partial charge on any atom is 0.335 e. The van der Waals surface area contributed by atoms with Crippen LogP contribution >= 0.6 is 15.9 Å². The van der Waals surface area contributed by atoms with Gasteiger partial charge in [0.25, 0.3) is 5.56 Å². The van der Waals surface area contributed by atoms with Crippen molar-refractivity contribution in [3.8, 4) is 11.6 Å². The zero-order chi connectivity index (χ0) is 28.2. The molecule has 1 aliphatic heterocycles. The largest absolute Gasteiger partial charge is 0.493 e. The molecule has 11 nitrogen and oxygen atoms in total. The molecule has 2 aromatic heterocycles.